The summed E-state index contributed by atoms with van der Waals surface area (Å²) in [5, 5.41) is 0.400. The van der Waals surface area contributed by atoms with Crippen molar-refractivity contribution in [3.63, 3.8) is 0 Å². The highest BCUT2D eigenvalue weighted by Gasteiger charge is 2.31. The lowest BCUT2D eigenvalue weighted by molar-refractivity contribution is 0.288. The molecule has 0 aromatic heterocycles. The van der Waals surface area contributed by atoms with Crippen LogP contribution in [0, 0.1) is 5.92 Å². The number of halogens is 2. The number of anilines is 1. The van der Waals surface area contributed by atoms with Crippen LogP contribution in [-0.4, -0.2) is 25.8 Å². The Bertz CT molecular complexity index is 558. The normalized spacial score (nSPS) is 18.7. The summed E-state index contributed by atoms with van der Waals surface area (Å²) >= 11 is 11.8. The summed E-state index contributed by atoms with van der Waals surface area (Å²) in [7, 11) is -3.65. The monoisotopic (exact) mass is 322 g/mol. The van der Waals surface area contributed by atoms with E-state index in [1.165, 1.54) is 16.4 Å². The van der Waals surface area contributed by atoms with Crippen LogP contribution >= 0.6 is 23.2 Å². The van der Waals surface area contributed by atoms with Crippen LogP contribution in [-0.2, 0) is 10.0 Å². The van der Waals surface area contributed by atoms with Crippen molar-refractivity contribution in [3.8, 4) is 0 Å². The molecule has 0 unspecified atom stereocenters. The van der Waals surface area contributed by atoms with Gasteiger partial charge < -0.3 is 5.73 Å². The van der Waals surface area contributed by atoms with E-state index in [1.54, 1.807) is 0 Å². The van der Waals surface area contributed by atoms with Gasteiger partial charge in [0, 0.05) is 18.1 Å². The van der Waals surface area contributed by atoms with Gasteiger partial charge in [-0.3, -0.25) is 0 Å². The van der Waals surface area contributed by atoms with Crippen molar-refractivity contribution in [2.24, 2.45) is 5.92 Å². The Labute approximate surface area is 123 Å². The summed E-state index contributed by atoms with van der Waals surface area (Å²) in [5.74, 6) is 0.546. The van der Waals surface area contributed by atoms with E-state index < -0.39 is 10.0 Å². The molecule has 1 heterocycles. The number of nitrogen functional groups attached to an aromatic ring is 1. The lowest BCUT2D eigenvalue weighted by Crippen LogP contribution is -2.38. The molecule has 0 spiro atoms. The molecule has 1 aliphatic rings. The van der Waals surface area contributed by atoms with E-state index in [9.17, 15) is 8.42 Å². The highest BCUT2D eigenvalue weighted by molar-refractivity contribution is 7.89. The van der Waals surface area contributed by atoms with Crippen molar-refractivity contribution < 1.29 is 8.42 Å². The summed E-state index contributed by atoms with van der Waals surface area (Å²) in [6.07, 6.45) is 1.70. The lowest BCUT2D eigenvalue weighted by Gasteiger charge is -2.30. The second kappa shape index (κ2) is 5.48. The number of sulfonamides is 1. The molecule has 0 bridgehead atoms. The third kappa shape index (κ3) is 2.99. The Kier molecular flexibility index (Phi) is 4.30. The summed E-state index contributed by atoms with van der Waals surface area (Å²) in [6.45, 7) is 3.12. The van der Waals surface area contributed by atoms with E-state index in [0.29, 0.717) is 24.0 Å². The second-order valence-corrected chi connectivity index (χ2v) is 7.61. The van der Waals surface area contributed by atoms with Crippen LogP contribution in [0.5, 0.6) is 0 Å². The first-order chi connectivity index (χ1) is 8.82. The summed E-state index contributed by atoms with van der Waals surface area (Å²) in [4.78, 5) is -0.0341. The van der Waals surface area contributed by atoms with E-state index in [1.807, 2.05) is 0 Å². The summed E-state index contributed by atoms with van der Waals surface area (Å²) in [5.41, 5.74) is 5.86. The predicted octanol–water partition coefficient (Wildman–Crippen LogP) is 3.00. The molecule has 0 saturated carbocycles. The van der Waals surface area contributed by atoms with Crippen LogP contribution in [0.2, 0.25) is 10.0 Å². The number of nitrogens with two attached hydrogens (primary N) is 1. The van der Waals surface area contributed by atoms with Crippen molar-refractivity contribution in [1.29, 1.82) is 0 Å². The topological polar surface area (TPSA) is 63.4 Å². The van der Waals surface area contributed by atoms with E-state index in [0.717, 1.165) is 12.8 Å². The zero-order valence-electron chi connectivity index (χ0n) is 10.6. The van der Waals surface area contributed by atoms with Gasteiger partial charge in [-0.25, -0.2) is 8.42 Å². The molecule has 0 amide bonds. The quantitative estimate of drug-likeness (QED) is 0.851. The molecule has 4 nitrogen and oxygen atoms in total. The van der Waals surface area contributed by atoms with Gasteiger partial charge >= 0.3 is 0 Å². The molecule has 0 aliphatic carbocycles. The van der Waals surface area contributed by atoms with E-state index in [-0.39, 0.29) is 15.6 Å². The fourth-order valence-electron chi connectivity index (χ4n) is 2.21. The number of hydrogen-bond donors (Lipinski definition) is 1. The van der Waals surface area contributed by atoms with Crippen molar-refractivity contribution in [2.75, 3.05) is 18.8 Å². The molecular weight excluding hydrogens is 307 g/mol. The summed E-state index contributed by atoms with van der Waals surface area (Å²) < 4.78 is 26.6. The van der Waals surface area contributed by atoms with Gasteiger partial charge in [0.1, 0.15) is 4.90 Å². The highest BCUT2D eigenvalue weighted by atomic mass is 35.5. The molecule has 106 valence electrons. The molecule has 1 aromatic carbocycles. The van der Waals surface area contributed by atoms with Crippen molar-refractivity contribution >= 4 is 38.9 Å². The van der Waals surface area contributed by atoms with E-state index >= 15 is 0 Å². The first-order valence-electron chi connectivity index (χ1n) is 6.07. The fourth-order valence-corrected chi connectivity index (χ4v) is 4.62. The minimum Gasteiger partial charge on any atom is -0.398 e. The molecule has 1 aliphatic heterocycles. The van der Waals surface area contributed by atoms with E-state index in [2.05, 4.69) is 6.92 Å². The third-order valence-corrected chi connectivity index (χ3v) is 6.02. The number of nitrogens with zero attached hydrogens (tertiary/aromatic N) is 1. The van der Waals surface area contributed by atoms with Crippen LogP contribution in [0.15, 0.2) is 17.0 Å². The van der Waals surface area contributed by atoms with Crippen LogP contribution in [0.25, 0.3) is 0 Å². The first kappa shape index (κ1) is 14.9. The second-order valence-electron chi connectivity index (χ2n) is 4.89. The van der Waals surface area contributed by atoms with Crippen LogP contribution in [0.3, 0.4) is 0 Å². The molecule has 0 radical (unpaired) electrons. The molecule has 7 heteroatoms. The van der Waals surface area contributed by atoms with Crippen LogP contribution < -0.4 is 5.73 Å². The number of piperidine rings is 1. The Morgan fingerprint density at radius 2 is 1.84 bits per heavy atom. The number of hydrogen-bond acceptors (Lipinski definition) is 3. The average molecular weight is 323 g/mol. The minimum absolute atomic E-state index is 0.0341. The van der Waals surface area contributed by atoms with Gasteiger partial charge in [-0.1, -0.05) is 30.1 Å². The van der Waals surface area contributed by atoms with Gasteiger partial charge in [0.25, 0.3) is 0 Å². The smallest absolute Gasteiger partial charge is 0.246 e. The zero-order chi connectivity index (χ0) is 14.2. The average Bonchev–Trinajstić information content (AvgIpc) is 2.27. The maximum atomic E-state index is 12.6. The zero-order valence-corrected chi connectivity index (χ0v) is 12.9. The third-order valence-electron chi connectivity index (χ3n) is 3.38. The van der Waals surface area contributed by atoms with Gasteiger partial charge in [0.05, 0.1) is 10.7 Å². The van der Waals surface area contributed by atoms with Gasteiger partial charge in [-0.15, -0.1) is 0 Å². The number of benzene rings is 1. The molecule has 19 heavy (non-hydrogen) atoms. The van der Waals surface area contributed by atoms with Gasteiger partial charge in [-0.2, -0.15) is 4.31 Å². The molecule has 1 fully saturated rings. The van der Waals surface area contributed by atoms with Gasteiger partial charge in [-0.05, 0) is 30.9 Å². The van der Waals surface area contributed by atoms with Gasteiger partial charge in [0.15, 0.2) is 0 Å². The van der Waals surface area contributed by atoms with Crippen molar-refractivity contribution in [2.45, 2.75) is 24.7 Å². The standard InChI is InChI=1S/C12H16Cl2N2O2S/c1-8-2-4-16(5-3-8)19(17,18)12-10(14)6-9(13)7-11(12)15/h6-8H,2-5,15H2,1H3. The number of rotatable bonds is 2. The maximum Gasteiger partial charge on any atom is 0.246 e. The molecule has 2 rings (SSSR count). The molecule has 1 aromatic rings. The van der Waals surface area contributed by atoms with Crippen molar-refractivity contribution in [1.82, 2.24) is 4.31 Å². The van der Waals surface area contributed by atoms with Crippen molar-refractivity contribution in [3.05, 3.63) is 22.2 Å². The Balaban J connectivity index is 2.40. The van der Waals surface area contributed by atoms with Crippen LogP contribution in [0.1, 0.15) is 19.8 Å². The Morgan fingerprint density at radius 3 is 2.37 bits per heavy atom. The highest BCUT2D eigenvalue weighted by Crippen LogP contribution is 2.34. The Hall–Kier alpha value is -0.490. The predicted molar refractivity (Wildman–Crippen MR) is 78.0 cm³/mol. The molecule has 1 saturated heterocycles. The maximum absolute atomic E-state index is 12.6. The SMILES string of the molecule is CC1CCN(S(=O)(=O)c2c(N)cc(Cl)cc2Cl)CC1. The minimum atomic E-state index is -3.65. The van der Waals surface area contributed by atoms with E-state index in [4.69, 9.17) is 28.9 Å². The van der Waals surface area contributed by atoms with Gasteiger partial charge in [0.2, 0.25) is 10.0 Å². The Morgan fingerprint density at radius 1 is 1.26 bits per heavy atom. The lowest BCUT2D eigenvalue weighted by atomic mass is 10.0. The molecular formula is C12H16Cl2N2O2S. The first-order valence-corrected chi connectivity index (χ1v) is 8.26. The fraction of sp³-hybridized carbons (Fsp3) is 0.500. The summed E-state index contributed by atoms with van der Waals surface area (Å²) in [6, 6.07) is 2.81. The molecule has 0 atom stereocenters. The largest absolute Gasteiger partial charge is 0.398 e. The molecule has 2 N–H and O–H groups in total. The van der Waals surface area contributed by atoms with Crippen LogP contribution in [0.4, 0.5) is 5.69 Å².